The Balaban J connectivity index is 2.39. The molecule has 1 atom stereocenters. The molecule has 0 saturated heterocycles. The summed E-state index contributed by atoms with van der Waals surface area (Å²) in [6.07, 6.45) is 4.90. The summed E-state index contributed by atoms with van der Waals surface area (Å²) in [6.45, 7) is 3.67. The van der Waals surface area contributed by atoms with E-state index in [1.807, 2.05) is 6.92 Å². The summed E-state index contributed by atoms with van der Waals surface area (Å²) in [7, 11) is -3.78. The van der Waals surface area contributed by atoms with E-state index in [0.29, 0.717) is 12.1 Å². The zero-order chi connectivity index (χ0) is 17.0. The average molecular weight is 340 g/mol. The van der Waals surface area contributed by atoms with E-state index in [9.17, 15) is 13.2 Å². The molecule has 0 spiro atoms. The van der Waals surface area contributed by atoms with Crippen LogP contribution in [-0.4, -0.2) is 31.6 Å². The smallest absolute Gasteiger partial charge is 0.335 e. The second kappa shape index (κ2) is 7.31. The molecule has 2 rings (SSSR count). The molecule has 128 valence electrons. The van der Waals surface area contributed by atoms with Crippen molar-refractivity contribution in [3.63, 3.8) is 0 Å². The molecule has 1 saturated carbocycles. The first kappa shape index (κ1) is 17.7. The predicted octanol–water partition coefficient (Wildman–Crippen LogP) is 2.82. The van der Waals surface area contributed by atoms with Crippen molar-refractivity contribution in [1.29, 1.82) is 0 Å². The van der Waals surface area contributed by atoms with Crippen molar-refractivity contribution in [3.05, 3.63) is 23.8 Å². The van der Waals surface area contributed by atoms with E-state index in [4.69, 9.17) is 5.11 Å². The Kier molecular flexibility index (Phi) is 5.64. The molecular formula is C16H24N2O4S. The fourth-order valence-electron chi connectivity index (χ4n) is 2.70. The number of benzene rings is 1. The highest BCUT2D eigenvalue weighted by molar-refractivity contribution is 7.89. The second-order valence-corrected chi connectivity index (χ2v) is 7.75. The molecule has 1 aliphatic rings. The van der Waals surface area contributed by atoms with Crippen LogP contribution in [0.1, 0.15) is 56.3 Å². The lowest BCUT2D eigenvalue weighted by atomic mass is 10.2. The fraction of sp³-hybridized carbons (Fsp3) is 0.562. The number of rotatable bonds is 7. The van der Waals surface area contributed by atoms with Gasteiger partial charge in [-0.25, -0.2) is 17.9 Å². The zero-order valence-electron chi connectivity index (χ0n) is 13.5. The molecule has 7 heteroatoms. The van der Waals surface area contributed by atoms with Crippen molar-refractivity contribution in [3.8, 4) is 0 Å². The van der Waals surface area contributed by atoms with Crippen LogP contribution in [-0.2, 0) is 10.0 Å². The highest BCUT2D eigenvalue weighted by atomic mass is 32.2. The molecule has 0 radical (unpaired) electrons. The van der Waals surface area contributed by atoms with Gasteiger partial charge < -0.3 is 10.4 Å². The minimum atomic E-state index is -3.78. The molecule has 23 heavy (non-hydrogen) atoms. The molecule has 0 bridgehead atoms. The monoisotopic (exact) mass is 340 g/mol. The first-order valence-electron chi connectivity index (χ1n) is 7.99. The molecule has 1 aromatic carbocycles. The van der Waals surface area contributed by atoms with Gasteiger partial charge >= 0.3 is 5.97 Å². The number of nitrogens with one attached hydrogen (secondary N) is 2. The summed E-state index contributed by atoms with van der Waals surface area (Å²) in [6, 6.07) is 4.23. The lowest BCUT2D eigenvalue weighted by molar-refractivity contribution is 0.0696. The molecule has 0 amide bonds. The maximum absolute atomic E-state index is 12.6. The lowest BCUT2D eigenvalue weighted by Gasteiger charge is -2.19. The number of carbonyl (C=O) groups is 1. The average Bonchev–Trinajstić information content (AvgIpc) is 2.99. The van der Waals surface area contributed by atoms with Crippen LogP contribution < -0.4 is 10.0 Å². The molecular weight excluding hydrogens is 316 g/mol. The molecule has 0 aromatic heterocycles. The van der Waals surface area contributed by atoms with Gasteiger partial charge in [0.2, 0.25) is 10.0 Å². The van der Waals surface area contributed by atoms with Crippen LogP contribution in [0.4, 0.5) is 5.69 Å². The van der Waals surface area contributed by atoms with E-state index in [-0.39, 0.29) is 22.5 Å². The Morgan fingerprint density at radius 2 is 2.00 bits per heavy atom. The number of carboxylic acid groups (broad SMARTS) is 1. The SMILES string of the molecule is CCC(C)NS(=O)(=O)c1cc(C(=O)O)ccc1NC1CCCC1. The number of hydrogen-bond donors (Lipinski definition) is 3. The third-order valence-corrected chi connectivity index (χ3v) is 5.83. The molecule has 1 aromatic rings. The molecule has 0 heterocycles. The Labute approximate surface area is 137 Å². The van der Waals surface area contributed by atoms with E-state index in [1.165, 1.54) is 12.1 Å². The number of anilines is 1. The van der Waals surface area contributed by atoms with Crippen molar-refractivity contribution >= 4 is 21.7 Å². The van der Waals surface area contributed by atoms with Crippen LogP contribution in [0.3, 0.4) is 0 Å². The van der Waals surface area contributed by atoms with Crippen molar-refractivity contribution in [1.82, 2.24) is 4.72 Å². The highest BCUT2D eigenvalue weighted by Crippen LogP contribution is 2.28. The van der Waals surface area contributed by atoms with Gasteiger partial charge in [0, 0.05) is 12.1 Å². The van der Waals surface area contributed by atoms with E-state index in [2.05, 4.69) is 10.0 Å². The largest absolute Gasteiger partial charge is 0.478 e. The van der Waals surface area contributed by atoms with Crippen molar-refractivity contribution in [2.45, 2.75) is 62.9 Å². The topological polar surface area (TPSA) is 95.5 Å². The number of sulfonamides is 1. The molecule has 1 aliphatic carbocycles. The van der Waals surface area contributed by atoms with E-state index in [0.717, 1.165) is 25.7 Å². The summed E-state index contributed by atoms with van der Waals surface area (Å²) in [5.74, 6) is -1.14. The van der Waals surface area contributed by atoms with Crippen molar-refractivity contribution in [2.24, 2.45) is 0 Å². The third-order valence-electron chi connectivity index (χ3n) is 4.20. The molecule has 6 nitrogen and oxygen atoms in total. The fourth-order valence-corrected chi connectivity index (χ4v) is 4.22. The standard InChI is InChI=1S/C16H24N2O4S/c1-3-11(2)18-23(21,22)15-10-12(16(19)20)8-9-14(15)17-13-6-4-5-7-13/h8-11,13,17-18H,3-7H2,1-2H3,(H,19,20). The van der Waals surface area contributed by atoms with Gasteiger partial charge in [0.25, 0.3) is 0 Å². The summed E-state index contributed by atoms with van der Waals surface area (Å²) in [5, 5.41) is 12.4. The first-order chi connectivity index (χ1) is 10.8. The van der Waals surface area contributed by atoms with Gasteiger partial charge in [0.05, 0.1) is 11.3 Å². The van der Waals surface area contributed by atoms with Gasteiger partial charge in [-0.3, -0.25) is 0 Å². The highest BCUT2D eigenvalue weighted by Gasteiger charge is 2.24. The van der Waals surface area contributed by atoms with Crippen LogP contribution in [0, 0.1) is 0 Å². The third kappa shape index (κ3) is 4.45. The number of carboxylic acids is 1. The first-order valence-corrected chi connectivity index (χ1v) is 9.48. The summed E-state index contributed by atoms with van der Waals surface area (Å²) in [4.78, 5) is 11.2. The van der Waals surface area contributed by atoms with E-state index >= 15 is 0 Å². The van der Waals surface area contributed by atoms with Crippen LogP contribution in [0.25, 0.3) is 0 Å². The maximum Gasteiger partial charge on any atom is 0.335 e. The predicted molar refractivity (Wildman–Crippen MR) is 89.4 cm³/mol. The molecule has 1 fully saturated rings. The van der Waals surface area contributed by atoms with Crippen LogP contribution in [0.15, 0.2) is 23.1 Å². The molecule has 3 N–H and O–H groups in total. The summed E-state index contributed by atoms with van der Waals surface area (Å²) >= 11 is 0. The minimum Gasteiger partial charge on any atom is -0.478 e. The quantitative estimate of drug-likeness (QED) is 0.709. The Hall–Kier alpha value is -1.60. The van der Waals surface area contributed by atoms with Crippen LogP contribution in [0.5, 0.6) is 0 Å². The molecule has 0 aliphatic heterocycles. The number of hydrogen-bond acceptors (Lipinski definition) is 4. The number of aromatic carboxylic acids is 1. The summed E-state index contributed by atoms with van der Waals surface area (Å²) in [5.41, 5.74) is 0.434. The van der Waals surface area contributed by atoms with E-state index < -0.39 is 16.0 Å². The zero-order valence-corrected chi connectivity index (χ0v) is 14.3. The van der Waals surface area contributed by atoms with Gasteiger partial charge in [0.15, 0.2) is 0 Å². The lowest BCUT2D eigenvalue weighted by Crippen LogP contribution is -2.33. The van der Waals surface area contributed by atoms with Gasteiger partial charge in [-0.05, 0) is 44.4 Å². The van der Waals surface area contributed by atoms with Crippen LogP contribution in [0.2, 0.25) is 0 Å². The van der Waals surface area contributed by atoms with Gasteiger partial charge in [-0.1, -0.05) is 19.8 Å². The Bertz CT molecular complexity index is 667. The Morgan fingerprint density at radius 1 is 1.35 bits per heavy atom. The summed E-state index contributed by atoms with van der Waals surface area (Å²) < 4.78 is 27.8. The Morgan fingerprint density at radius 3 is 2.57 bits per heavy atom. The van der Waals surface area contributed by atoms with Gasteiger partial charge in [-0.2, -0.15) is 0 Å². The minimum absolute atomic E-state index is 0.00426. The second-order valence-electron chi connectivity index (χ2n) is 6.07. The maximum atomic E-state index is 12.6. The van der Waals surface area contributed by atoms with Crippen LogP contribution >= 0.6 is 0 Å². The normalized spacial score (nSPS) is 17.1. The van der Waals surface area contributed by atoms with E-state index in [1.54, 1.807) is 13.0 Å². The molecule has 1 unspecified atom stereocenters. The van der Waals surface area contributed by atoms with Crippen molar-refractivity contribution in [2.75, 3.05) is 5.32 Å². The van der Waals surface area contributed by atoms with Gasteiger partial charge in [-0.15, -0.1) is 0 Å². The van der Waals surface area contributed by atoms with Crippen molar-refractivity contribution < 1.29 is 18.3 Å². The van der Waals surface area contributed by atoms with Gasteiger partial charge in [0.1, 0.15) is 4.90 Å².